The van der Waals surface area contributed by atoms with Crippen LogP contribution < -0.4 is 10.5 Å². The first-order chi connectivity index (χ1) is 6.86. The number of ether oxygens (including phenoxy) is 1. The zero-order valence-electron chi connectivity index (χ0n) is 7.69. The summed E-state index contributed by atoms with van der Waals surface area (Å²) in [6, 6.07) is 1.89. The quantitative estimate of drug-likeness (QED) is 0.840. The topological polar surface area (TPSA) is 61.3 Å². The highest BCUT2D eigenvalue weighted by Gasteiger charge is 2.15. The third kappa shape index (κ3) is 1.40. The summed E-state index contributed by atoms with van der Waals surface area (Å²) in [5.41, 5.74) is 6.29. The minimum absolute atomic E-state index is 0.368. The van der Waals surface area contributed by atoms with Crippen LogP contribution >= 0.6 is 11.3 Å². The third-order valence-electron chi connectivity index (χ3n) is 1.89. The molecule has 0 saturated heterocycles. The van der Waals surface area contributed by atoms with Crippen molar-refractivity contribution in [2.45, 2.75) is 6.54 Å². The number of oxazole rings is 1. The molecule has 0 aliphatic heterocycles. The molecule has 0 unspecified atom stereocenters. The van der Waals surface area contributed by atoms with Gasteiger partial charge in [-0.2, -0.15) is 0 Å². The predicted octanol–water partition coefficient (Wildman–Crippen LogP) is 1.87. The molecule has 2 aromatic rings. The molecule has 2 N–H and O–H groups in total. The van der Waals surface area contributed by atoms with Gasteiger partial charge in [0, 0.05) is 6.54 Å². The van der Waals surface area contributed by atoms with E-state index >= 15 is 0 Å². The number of hydrogen-bond donors (Lipinski definition) is 1. The van der Waals surface area contributed by atoms with Crippen molar-refractivity contribution in [3.63, 3.8) is 0 Å². The lowest BCUT2D eigenvalue weighted by Crippen LogP contribution is -1.97. The fourth-order valence-electron chi connectivity index (χ4n) is 1.22. The van der Waals surface area contributed by atoms with Crippen molar-refractivity contribution >= 4 is 11.3 Å². The van der Waals surface area contributed by atoms with Crippen LogP contribution in [0.15, 0.2) is 22.3 Å². The van der Waals surface area contributed by atoms with E-state index in [0.29, 0.717) is 12.3 Å². The molecule has 0 aliphatic carbocycles. The molecule has 2 rings (SSSR count). The molecular weight excluding hydrogens is 200 g/mol. The van der Waals surface area contributed by atoms with Crippen molar-refractivity contribution in [1.29, 1.82) is 0 Å². The van der Waals surface area contributed by atoms with Crippen molar-refractivity contribution in [2.75, 3.05) is 7.11 Å². The normalized spacial score (nSPS) is 10.4. The Morgan fingerprint density at radius 1 is 1.64 bits per heavy atom. The van der Waals surface area contributed by atoms with Crippen molar-refractivity contribution in [1.82, 2.24) is 4.98 Å². The molecule has 0 radical (unpaired) electrons. The molecule has 0 saturated carbocycles. The number of methoxy groups -OCH3 is 1. The van der Waals surface area contributed by atoms with E-state index in [2.05, 4.69) is 4.98 Å². The first-order valence-corrected chi connectivity index (χ1v) is 4.99. The lowest BCUT2D eigenvalue weighted by atomic mass is 10.3. The molecule has 14 heavy (non-hydrogen) atoms. The van der Waals surface area contributed by atoms with Gasteiger partial charge in [0.1, 0.15) is 16.3 Å². The van der Waals surface area contributed by atoms with E-state index < -0.39 is 0 Å². The first-order valence-electron chi connectivity index (χ1n) is 4.11. The van der Waals surface area contributed by atoms with Crippen LogP contribution in [0.1, 0.15) is 5.69 Å². The van der Waals surface area contributed by atoms with Crippen LogP contribution in [0, 0.1) is 0 Å². The number of hydrogen-bond acceptors (Lipinski definition) is 5. The molecule has 0 amide bonds. The lowest BCUT2D eigenvalue weighted by molar-refractivity contribution is 0.416. The number of rotatable bonds is 3. The second kappa shape index (κ2) is 3.81. The van der Waals surface area contributed by atoms with Crippen LogP contribution in [0.25, 0.3) is 10.6 Å². The molecule has 0 atom stereocenters. The SMILES string of the molecule is COc1ccsc1-c1ocnc1CN. The molecule has 74 valence electrons. The van der Waals surface area contributed by atoms with Gasteiger partial charge in [-0.05, 0) is 11.4 Å². The summed E-state index contributed by atoms with van der Waals surface area (Å²) < 4.78 is 10.5. The van der Waals surface area contributed by atoms with E-state index in [4.69, 9.17) is 14.9 Å². The maximum atomic E-state index is 5.53. The third-order valence-corrected chi connectivity index (χ3v) is 2.78. The Balaban J connectivity index is 2.48. The molecule has 2 aromatic heterocycles. The van der Waals surface area contributed by atoms with E-state index in [0.717, 1.165) is 16.3 Å². The second-order valence-electron chi connectivity index (χ2n) is 2.65. The summed E-state index contributed by atoms with van der Waals surface area (Å²) in [6.07, 6.45) is 1.40. The number of aromatic nitrogens is 1. The van der Waals surface area contributed by atoms with E-state index in [-0.39, 0.29) is 0 Å². The molecule has 2 heterocycles. The summed E-state index contributed by atoms with van der Waals surface area (Å²) in [6.45, 7) is 0.368. The summed E-state index contributed by atoms with van der Waals surface area (Å²) in [5.74, 6) is 1.50. The van der Waals surface area contributed by atoms with Crippen LogP contribution in [-0.2, 0) is 6.54 Å². The molecule has 4 nitrogen and oxygen atoms in total. The fraction of sp³-hybridized carbons (Fsp3) is 0.222. The minimum Gasteiger partial charge on any atom is -0.495 e. The minimum atomic E-state index is 0.368. The van der Waals surface area contributed by atoms with Gasteiger partial charge in [0.25, 0.3) is 0 Å². The largest absolute Gasteiger partial charge is 0.495 e. The standard InChI is InChI=1S/C9H10N2O2S/c1-12-7-2-3-14-9(7)8-6(4-10)11-5-13-8/h2-3,5H,4,10H2,1H3. The Labute approximate surface area is 85.3 Å². The summed E-state index contributed by atoms with van der Waals surface area (Å²) >= 11 is 1.55. The summed E-state index contributed by atoms with van der Waals surface area (Å²) in [7, 11) is 1.63. The Morgan fingerprint density at radius 2 is 2.50 bits per heavy atom. The first kappa shape index (κ1) is 9.23. The van der Waals surface area contributed by atoms with Gasteiger partial charge in [-0.15, -0.1) is 11.3 Å². The Bertz CT molecular complexity index is 382. The van der Waals surface area contributed by atoms with Crippen LogP contribution in [0.5, 0.6) is 5.75 Å². The molecule has 0 aliphatic rings. The maximum Gasteiger partial charge on any atom is 0.181 e. The van der Waals surface area contributed by atoms with Crippen LogP contribution in [0.3, 0.4) is 0 Å². The molecule has 0 aromatic carbocycles. The fourth-order valence-corrected chi connectivity index (χ4v) is 2.09. The van der Waals surface area contributed by atoms with Crippen molar-refractivity contribution < 1.29 is 9.15 Å². The van der Waals surface area contributed by atoms with E-state index in [1.54, 1.807) is 18.4 Å². The predicted molar refractivity (Wildman–Crippen MR) is 54.3 cm³/mol. The zero-order chi connectivity index (χ0) is 9.97. The monoisotopic (exact) mass is 210 g/mol. The highest BCUT2D eigenvalue weighted by molar-refractivity contribution is 7.14. The number of nitrogens with two attached hydrogens (primary N) is 1. The molecule has 0 fully saturated rings. The number of thiophene rings is 1. The smallest absolute Gasteiger partial charge is 0.181 e. The van der Waals surface area contributed by atoms with Gasteiger partial charge in [0.15, 0.2) is 12.2 Å². The van der Waals surface area contributed by atoms with Crippen molar-refractivity contribution in [3.05, 3.63) is 23.5 Å². The van der Waals surface area contributed by atoms with E-state index in [9.17, 15) is 0 Å². The number of nitrogens with zero attached hydrogens (tertiary/aromatic N) is 1. The van der Waals surface area contributed by atoms with E-state index in [1.807, 2.05) is 11.4 Å². The van der Waals surface area contributed by atoms with Crippen molar-refractivity contribution in [3.8, 4) is 16.4 Å². The molecule has 5 heteroatoms. The van der Waals surface area contributed by atoms with Gasteiger partial charge in [-0.3, -0.25) is 0 Å². The van der Waals surface area contributed by atoms with Crippen molar-refractivity contribution in [2.24, 2.45) is 5.73 Å². The van der Waals surface area contributed by atoms with Gasteiger partial charge < -0.3 is 14.9 Å². The van der Waals surface area contributed by atoms with Gasteiger partial charge in [-0.1, -0.05) is 0 Å². The van der Waals surface area contributed by atoms with Crippen LogP contribution in [-0.4, -0.2) is 12.1 Å². The van der Waals surface area contributed by atoms with Crippen LogP contribution in [0.4, 0.5) is 0 Å². The van der Waals surface area contributed by atoms with Gasteiger partial charge >= 0.3 is 0 Å². The Kier molecular flexibility index (Phi) is 2.51. The average molecular weight is 210 g/mol. The Hall–Kier alpha value is -1.33. The average Bonchev–Trinajstić information content (AvgIpc) is 2.85. The maximum absolute atomic E-state index is 5.53. The summed E-state index contributed by atoms with van der Waals surface area (Å²) in [4.78, 5) is 4.96. The van der Waals surface area contributed by atoms with Gasteiger partial charge in [0.2, 0.25) is 0 Å². The molecule has 0 bridgehead atoms. The highest BCUT2D eigenvalue weighted by atomic mass is 32.1. The molecular formula is C9H10N2O2S. The Morgan fingerprint density at radius 3 is 3.21 bits per heavy atom. The molecule has 0 spiro atoms. The van der Waals surface area contributed by atoms with Gasteiger partial charge in [-0.25, -0.2) is 4.98 Å². The van der Waals surface area contributed by atoms with Gasteiger partial charge in [0.05, 0.1) is 7.11 Å². The summed E-state index contributed by atoms with van der Waals surface area (Å²) in [5, 5.41) is 1.94. The highest BCUT2D eigenvalue weighted by Crippen LogP contribution is 2.36. The second-order valence-corrected chi connectivity index (χ2v) is 3.57. The lowest BCUT2D eigenvalue weighted by Gasteiger charge is -1.99. The zero-order valence-corrected chi connectivity index (χ0v) is 8.50. The van der Waals surface area contributed by atoms with Crippen LogP contribution in [0.2, 0.25) is 0 Å². The van der Waals surface area contributed by atoms with E-state index in [1.165, 1.54) is 6.39 Å².